The van der Waals surface area contributed by atoms with E-state index in [1.54, 1.807) is 0 Å². The van der Waals surface area contributed by atoms with Crippen molar-refractivity contribution in [1.82, 2.24) is 19.9 Å². The molecule has 2 N–H and O–H groups in total. The largest absolute Gasteiger partial charge is 0.433 e. The van der Waals surface area contributed by atoms with Crippen molar-refractivity contribution in [1.29, 1.82) is 0 Å². The van der Waals surface area contributed by atoms with Crippen LogP contribution in [0.1, 0.15) is 24.1 Å². The van der Waals surface area contributed by atoms with Gasteiger partial charge in [0.25, 0.3) is 0 Å². The number of benzene rings is 1. The monoisotopic (exact) mass is 455 g/mol. The van der Waals surface area contributed by atoms with Gasteiger partial charge in [0.1, 0.15) is 5.69 Å². The molecule has 5 nitrogen and oxygen atoms in total. The molecule has 5 rings (SSSR count). The molecule has 1 saturated heterocycles. The molecule has 32 heavy (non-hydrogen) atoms. The van der Waals surface area contributed by atoms with E-state index in [9.17, 15) is 26.3 Å². The lowest BCUT2D eigenvalue weighted by atomic mass is 9.94. The second-order valence-electron chi connectivity index (χ2n) is 8.31. The van der Waals surface area contributed by atoms with Crippen molar-refractivity contribution in [2.75, 3.05) is 18.4 Å². The fourth-order valence-corrected chi connectivity index (χ4v) is 4.80. The summed E-state index contributed by atoms with van der Waals surface area (Å²) in [5.41, 5.74) is -1.84. The van der Waals surface area contributed by atoms with Gasteiger partial charge in [-0.1, -0.05) is 12.1 Å². The average Bonchev–Trinajstić information content (AvgIpc) is 3.22. The number of anilines is 1. The zero-order valence-electron chi connectivity index (χ0n) is 16.6. The minimum absolute atomic E-state index is 0.0405. The summed E-state index contributed by atoms with van der Waals surface area (Å²) in [5, 5.41) is 10.6. The third-order valence-electron chi connectivity index (χ3n) is 6.31. The summed E-state index contributed by atoms with van der Waals surface area (Å²) >= 11 is 0. The number of piperidine rings is 1. The molecule has 3 aromatic rings. The first-order chi connectivity index (χ1) is 15.1. The number of pyridine rings is 1. The minimum Gasteiger partial charge on any atom is -0.350 e. The number of rotatable bonds is 3. The van der Waals surface area contributed by atoms with E-state index in [1.165, 1.54) is 12.1 Å². The molecule has 1 aliphatic heterocycles. The lowest BCUT2D eigenvalue weighted by Gasteiger charge is -2.30. The highest BCUT2D eigenvalue weighted by atomic mass is 19.4. The van der Waals surface area contributed by atoms with Crippen LogP contribution in [0.3, 0.4) is 0 Å². The van der Waals surface area contributed by atoms with Crippen molar-refractivity contribution in [3.63, 3.8) is 0 Å². The number of hydrogen-bond donors (Lipinski definition) is 2. The lowest BCUT2D eigenvalue weighted by Crippen LogP contribution is -2.45. The number of alkyl halides is 6. The Labute approximate surface area is 178 Å². The van der Waals surface area contributed by atoms with Gasteiger partial charge in [0.05, 0.1) is 5.56 Å². The lowest BCUT2D eigenvalue weighted by molar-refractivity contribution is -0.142. The summed E-state index contributed by atoms with van der Waals surface area (Å²) in [4.78, 5) is 4.28. The quantitative estimate of drug-likeness (QED) is 0.555. The first kappa shape index (κ1) is 21.0. The summed E-state index contributed by atoms with van der Waals surface area (Å²) in [6.45, 7) is 1.62. The SMILES string of the molecule is FC(F)(F)c1cccc(-c2ccc(C(F)(F)F)n3nc(N[C@@H]4[C@@H]5CC[C@H]4CNC5)nc23)c1. The Morgan fingerprint density at radius 3 is 2.31 bits per heavy atom. The van der Waals surface area contributed by atoms with Gasteiger partial charge in [-0.3, -0.25) is 0 Å². The predicted molar refractivity (Wildman–Crippen MR) is 105 cm³/mol. The number of hydrogen-bond acceptors (Lipinski definition) is 4. The van der Waals surface area contributed by atoms with E-state index < -0.39 is 23.6 Å². The molecule has 2 fully saturated rings. The van der Waals surface area contributed by atoms with Crippen molar-refractivity contribution in [3.05, 3.63) is 47.7 Å². The van der Waals surface area contributed by atoms with E-state index in [0.29, 0.717) is 16.4 Å². The van der Waals surface area contributed by atoms with E-state index in [4.69, 9.17) is 0 Å². The molecule has 0 radical (unpaired) electrons. The number of fused-ring (bicyclic) bond motifs is 3. The van der Waals surface area contributed by atoms with Crippen LogP contribution in [0.15, 0.2) is 36.4 Å². The Balaban J connectivity index is 1.60. The summed E-state index contributed by atoms with van der Waals surface area (Å²) < 4.78 is 81.0. The van der Waals surface area contributed by atoms with Crippen molar-refractivity contribution in [2.45, 2.75) is 31.2 Å². The molecule has 3 atom stereocenters. The van der Waals surface area contributed by atoms with Crippen LogP contribution in [-0.4, -0.2) is 33.7 Å². The molecule has 2 bridgehead atoms. The molecule has 0 unspecified atom stereocenters. The van der Waals surface area contributed by atoms with Crippen LogP contribution in [0.2, 0.25) is 0 Å². The Morgan fingerprint density at radius 1 is 0.938 bits per heavy atom. The van der Waals surface area contributed by atoms with Crippen LogP contribution in [0.25, 0.3) is 16.8 Å². The molecule has 1 aromatic carbocycles. The summed E-state index contributed by atoms with van der Waals surface area (Å²) in [7, 11) is 0. The Kier molecular flexibility index (Phi) is 4.84. The zero-order chi connectivity index (χ0) is 22.7. The van der Waals surface area contributed by atoms with E-state index in [0.717, 1.165) is 50.2 Å². The van der Waals surface area contributed by atoms with E-state index in [-0.39, 0.29) is 28.8 Å². The first-order valence-electron chi connectivity index (χ1n) is 10.2. The van der Waals surface area contributed by atoms with E-state index in [1.807, 2.05) is 0 Å². The average molecular weight is 455 g/mol. The highest BCUT2D eigenvalue weighted by Gasteiger charge is 2.40. The maximum Gasteiger partial charge on any atom is 0.433 e. The number of nitrogens with one attached hydrogen (secondary N) is 2. The van der Waals surface area contributed by atoms with Crippen LogP contribution in [0.5, 0.6) is 0 Å². The van der Waals surface area contributed by atoms with Gasteiger partial charge in [0.15, 0.2) is 5.65 Å². The molecular weight excluding hydrogens is 436 g/mol. The normalized spacial score (nSPS) is 23.6. The molecular formula is C21H19F6N5. The van der Waals surface area contributed by atoms with Gasteiger partial charge in [0, 0.05) is 11.6 Å². The van der Waals surface area contributed by atoms with Crippen LogP contribution in [0, 0.1) is 11.8 Å². The fourth-order valence-electron chi connectivity index (χ4n) is 4.80. The highest BCUT2D eigenvalue weighted by Crippen LogP contribution is 2.38. The minimum atomic E-state index is -4.71. The van der Waals surface area contributed by atoms with Crippen LogP contribution >= 0.6 is 0 Å². The number of nitrogens with zero attached hydrogens (tertiary/aromatic N) is 3. The third kappa shape index (κ3) is 3.68. The van der Waals surface area contributed by atoms with Crippen molar-refractivity contribution < 1.29 is 26.3 Å². The third-order valence-corrected chi connectivity index (χ3v) is 6.31. The molecule has 11 heteroatoms. The molecule has 2 aliphatic rings. The Bertz CT molecular complexity index is 1140. The van der Waals surface area contributed by atoms with E-state index >= 15 is 0 Å². The van der Waals surface area contributed by atoms with Gasteiger partial charge in [-0.15, -0.1) is 5.10 Å². The molecule has 1 aliphatic carbocycles. The second kappa shape index (κ2) is 7.36. The Morgan fingerprint density at radius 2 is 1.66 bits per heavy atom. The smallest absolute Gasteiger partial charge is 0.350 e. The fraction of sp³-hybridized carbons (Fsp3) is 0.429. The van der Waals surface area contributed by atoms with Gasteiger partial charge in [-0.25, -0.2) is 4.52 Å². The van der Waals surface area contributed by atoms with Gasteiger partial charge in [-0.2, -0.15) is 31.3 Å². The van der Waals surface area contributed by atoms with Crippen molar-refractivity contribution in [2.24, 2.45) is 11.8 Å². The second-order valence-corrected chi connectivity index (χ2v) is 8.31. The Hall–Kier alpha value is -2.82. The van der Waals surface area contributed by atoms with Crippen molar-refractivity contribution in [3.8, 4) is 11.1 Å². The maximum atomic E-state index is 13.6. The summed E-state index contributed by atoms with van der Waals surface area (Å²) in [6.07, 6.45) is -7.27. The van der Waals surface area contributed by atoms with Crippen LogP contribution in [0.4, 0.5) is 32.3 Å². The first-order valence-corrected chi connectivity index (χ1v) is 10.2. The van der Waals surface area contributed by atoms with Gasteiger partial charge >= 0.3 is 12.4 Å². The molecule has 0 amide bonds. The number of aromatic nitrogens is 3. The zero-order valence-corrected chi connectivity index (χ0v) is 16.6. The predicted octanol–water partition coefficient (Wildman–Crippen LogP) is 4.84. The van der Waals surface area contributed by atoms with Gasteiger partial charge in [0.2, 0.25) is 5.95 Å². The van der Waals surface area contributed by atoms with Crippen LogP contribution in [-0.2, 0) is 12.4 Å². The topological polar surface area (TPSA) is 54.2 Å². The van der Waals surface area contributed by atoms with Crippen molar-refractivity contribution >= 4 is 11.6 Å². The standard InChI is InChI=1S/C21H19F6N5/c22-20(23,24)14-3-1-2-11(8-14)15-6-7-16(21(25,26)27)32-18(15)30-19(31-32)29-17-12-4-5-13(17)10-28-9-12/h1-3,6-8,12-13,17,28H,4-5,9-10H2,(H,29,31)/t12-,13+,17-. The molecule has 3 heterocycles. The number of halogens is 6. The molecule has 2 aromatic heterocycles. The molecule has 170 valence electrons. The highest BCUT2D eigenvalue weighted by molar-refractivity contribution is 5.78. The molecule has 1 saturated carbocycles. The summed E-state index contributed by atoms with van der Waals surface area (Å²) in [6, 6.07) is 6.43. The maximum absolute atomic E-state index is 13.6. The molecule has 0 spiro atoms. The summed E-state index contributed by atoms with van der Waals surface area (Å²) in [5.74, 6) is 0.689. The van der Waals surface area contributed by atoms with E-state index in [2.05, 4.69) is 20.7 Å². The van der Waals surface area contributed by atoms with Gasteiger partial charge in [-0.05, 0) is 67.6 Å². The van der Waals surface area contributed by atoms with Crippen LogP contribution < -0.4 is 10.6 Å². The van der Waals surface area contributed by atoms with Gasteiger partial charge < -0.3 is 10.6 Å².